The Kier molecular flexibility index (Phi) is 60.3. The number of rotatable bonds is 0. The zero-order chi connectivity index (χ0) is 7.15. The van der Waals surface area contributed by atoms with Gasteiger partial charge in [-0.3, -0.25) is 0 Å². The van der Waals surface area contributed by atoms with E-state index in [1.54, 1.807) is 0 Å². The first-order valence-corrected chi connectivity index (χ1v) is 3.13. The molecule has 0 aromatic carbocycles. The molecule has 0 spiro atoms. The molecule has 0 nitrogen and oxygen atoms in total. The maximum Gasteiger partial charge on any atom is 4.00 e. The topological polar surface area (TPSA) is 0 Å². The van der Waals surface area contributed by atoms with Crippen LogP contribution in [0.2, 0.25) is 0 Å². The zero-order valence-corrected chi connectivity index (χ0v) is 10.9. The van der Waals surface area contributed by atoms with Crippen LogP contribution >= 0.6 is 0 Å². The smallest absolute Gasteiger partial charge is 1.00 e. The molecule has 0 aromatic heterocycles. The van der Waals surface area contributed by atoms with Gasteiger partial charge in [-0.25, -0.2) is 0 Å². The van der Waals surface area contributed by atoms with Crippen molar-refractivity contribution in [1.82, 2.24) is 0 Å². The van der Waals surface area contributed by atoms with Crippen molar-refractivity contribution in [3.63, 3.8) is 0 Å². The summed E-state index contributed by atoms with van der Waals surface area (Å²) < 4.78 is 0. The number of hydrogen-bond donors (Lipinski definition) is 0. The Morgan fingerprint density at radius 1 is 0.727 bits per heavy atom. The molecule has 0 aliphatic carbocycles. The van der Waals surface area contributed by atoms with Crippen molar-refractivity contribution in [3.8, 4) is 0 Å². The van der Waals surface area contributed by atoms with Crippen LogP contribution in [0, 0.1) is 25.7 Å². The minimum atomic E-state index is 0. The fraction of sp³-hybridized carbons (Fsp3) is 0.750. The summed E-state index contributed by atoms with van der Waals surface area (Å²) >= 11 is 0. The molecule has 0 bridgehead atoms. The van der Waals surface area contributed by atoms with Gasteiger partial charge in [0.1, 0.15) is 0 Å². The van der Waals surface area contributed by atoms with Crippen LogP contribution in [0.4, 0.5) is 0 Å². The van der Waals surface area contributed by atoms with Crippen LogP contribution in [-0.2, 0) is 21.7 Å². The molecule has 0 radical (unpaired) electrons. The van der Waals surface area contributed by atoms with E-state index >= 15 is 0 Å². The molecule has 0 rings (SSSR count). The predicted molar refractivity (Wildman–Crippen MR) is 40.4 cm³/mol. The third-order valence-electron chi connectivity index (χ3n) is 0. The Morgan fingerprint density at radius 3 is 0.727 bits per heavy atom. The summed E-state index contributed by atoms with van der Waals surface area (Å²) in [4.78, 5) is 0. The first-order valence-electron chi connectivity index (χ1n) is 3.13. The molecule has 0 saturated carbocycles. The van der Waals surface area contributed by atoms with Gasteiger partial charge in [0, 0.05) is 0 Å². The van der Waals surface area contributed by atoms with Crippen molar-refractivity contribution in [2.45, 2.75) is 27.7 Å². The quantitative estimate of drug-likeness (QED) is 0.308. The maximum absolute atomic E-state index is 3.64. The standard InChI is InChI=1S/2C4H9.2ClH.Ti/c2*1-4(2)3;;;/h2*4H,1H2,2-3H3;2*1H;/q2*-1;;;+4/p-2. The Labute approximate surface area is 99.6 Å². The Morgan fingerprint density at radius 2 is 0.727 bits per heavy atom. The largest absolute Gasteiger partial charge is 4.00 e. The van der Waals surface area contributed by atoms with Gasteiger partial charge in [0.15, 0.2) is 0 Å². The van der Waals surface area contributed by atoms with Gasteiger partial charge in [0.2, 0.25) is 0 Å². The van der Waals surface area contributed by atoms with Crippen LogP contribution < -0.4 is 24.8 Å². The van der Waals surface area contributed by atoms with E-state index in [1.807, 2.05) is 0 Å². The number of halogens is 2. The minimum absolute atomic E-state index is 0. The van der Waals surface area contributed by atoms with Gasteiger partial charge < -0.3 is 38.7 Å². The summed E-state index contributed by atoms with van der Waals surface area (Å²) in [5, 5.41) is 0. The first-order chi connectivity index (χ1) is 3.46. The summed E-state index contributed by atoms with van der Waals surface area (Å²) in [6.07, 6.45) is 0. The molecule has 3 heteroatoms. The molecule has 68 valence electrons. The van der Waals surface area contributed by atoms with Gasteiger partial charge in [0.25, 0.3) is 0 Å². The van der Waals surface area contributed by atoms with Crippen LogP contribution in [0.15, 0.2) is 0 Å². The molecule has 0 fully saturated rings. The molecule has 0 atom stereocenters. The molecule has 0 N–H and O–H groups in total. The summed E-state index contributed by atoms with van der Waals surface area (Å²) in [7, 11) is 0. The Hall–Kier alpha value is 1.29. The molecule has 0 amide bonds. The molecular formula is C8H18Cl2Ti. The summed E-state index contributed by atoms with van der Waals surface area (Å²) in [6.45, 7) is 15.5. The van der Waals surface area contributed by atoms with Crippen molar-refractivity contribution < 1.29 is 46.5 Å². The first kappa shape index (κ1) is 29.5. The van der Waals surface area contributed by atoms with Gasteiger partial charge in [-0.1, -0.05) is 27.7 Å². The van der Waals surface area contributed by atoms with Gasteiger partial charge in [-0.2, -0.15) is 11.8 Å². The molecule has 0 heterocycles. The fourth-order valence-corrected chi connectivity index (χ4v) is 0. The average molecular weight is 233 g/mol. The van der Waals surface area contributed by atoms with Crippen LogP contribution in [0.3, 0.4) is 0 Å². The molecule has 0 aliphatic rings. The van der Waals surface area contributed by atoms with Crippen molar-refractivity contribution in [3.05, 3.63) is 13.8 Å². The molecule has 11 heavy (non-hydrogen) atoms. The third kappa shape index (κ3) is 582. The van der Waals surface area contributed by atoms with E-state index < -0.39 is 0 Å². The van der Waals surface area contributed by atoms with Crippen molar-refractivity contribution in [1.29, 1.82) is 0 Å². The fourth-order valence-electron chi connectivity index (χ4n) is 0. The predicted octanol–water partition coefficient (Wildman–Crippen LogP) is -3.04. The van der Waals surface area contributed by atoms with Crippen molar-refractivity contribution in [2.75, 3.05) is 0 Å². The molecule has 0 aliphatic heterocycles. The van der Waals surface area contributed by atoms with E-state index in [9.17, 15) is 0 Å². The second kappa shape index (κ2) is 22.5. The van der Waals surface area contributed by atoms with E-state index in [4.69, 9.17) is 0 Å². The normalized spacial score (nSPS) is 6.55. The monoisotopic (exact) mass is 232 g/mol. The third-order valence-corrected chi connectivity index (χ3v) is 0. The molecule has 0 aromatic rings. The molecule has 0 unspecified atom stereocenters. The average Bonchev–Trinajstić information content (AvgIpc) is 1.25. The number of hydrogen-bond acceptors (Lipinski definition) is 0. The van der Waals surface area contributed by atoms with E-state index in [-0.39, 0.29) is 46.5 Å². The van der Waals surface area contributed by atoms with Gasteiger partial charge in [-0.05, 0) is 0 Å². The van der Waals surface area contributed by atoms with Crippen LogP contribution in [0.1, 0.15) is 27.7 Å². The second-order valence-corrected chi connectivity index (χ2v) is 2.79. The van der Waals surface area contributed by atoms with Crippen LogP contribution in [0.25, 0.3) is 0 Å². The minimum Gasteiger partial charge on any atom is -1.00 e. The Bertz CT molecular complexity index is 27.6. The van der Waals surface area contributed by atoms with Gasteiger partial charge in [-0.15, -0.1) is 0 Å². The second-order valence-electron chi connectivity index (χ2n) is 2.79. The molecular weight excluding hydrogens is 215 g/mol. The van der Waals surface area contributed by atoms with E-state index in [0.717, 1.165) is 0 Å². The maximum atomic E-state index is 3.64. The van der Waals surface area contributed by atoms with Crippen LogP contribution in [-0.4, -0.2) is 0 Å². The van der Waals surface area contributed by atoms with Crippen molar-refractivity contribution in [2.24, 2.45) is 11.8 Å². The summed E-state index contributed by atoms with van der Waals surface area (Å²) in [6, 6.07) is 0. The molecule has 0 saturated heterocycles. The van der Waals surface area contributed by atoms with Gasteiger partial charge in [0.05, 0.1) is 0 Å². The SMILES string of the molecule is [CH2-]C(C)C.[CH2-]C(C)C.[Cl-].[Cl-].[Ti+4]. The van der Waals surface area contributed by atoms with E-state index in [2.05, 4.69) is 41.5 Å². The van der Waals surface area contributed by atoms with Crippen molar-refractivity contribution >= 4 is 0 Å². The van der Waals surface area contributed by atoms with E-state index in [1.165, 1.54) is 0 Å². The summed E-state index contributed by atoms with van der Waals surface area (Å²) in [5.74, 6) is 1.17. The van der Waals surface area contributed by atoms with E-state index in [0.29, 0.717) is 11.8 Å². The Balaban J connectivity index is -0.0000000171. The van der Waals surface area contributed by atoms with Gasteiger partial charge >= 0.3 is 21.7 Å². The summed E-state index contributed by atoms with van der Waals surface area (Å²) in [5.41, 5.74) is 0. The zero-order valence-electron chi connectivity index (χ0n) is 7.82. The van der Waals surface area contributed by atoms with Crippen LogP contribution in [0.5, 0.6) is 0 Å².